The molecule has 1 aromatic heterocycles. The van der Waals surface area contributed by atoms with Gasteiger partial charge in [-0.25, -0.2) is 0 Å². The highest BCUT2D eigenvalue weighted by molar-refractivity contribution is 5.81. The normalized spacial score (nSPS) is 10.6. The zero-order valence-corrected chi connectivity index (χ0v) is 16.5. The number of aromatic nitrogens is 1. The SMILES string of the molecule is COc1ccc2[nH]c(=O)c(CCC(=O)NCCOc3ccccc3OC)cc2c1. The lowest BCUT2D eigenvalue weighted by atomic mass is 10.1. The molecule has 0 aliphatic rings. The third-order valence-corrected chi connectivity index (χ3v) is 4.50. The van der Waals surface area contributed by atoms with Crippen LogP contribution in [0.2, 0.25) is 0 Å². The van der Waals surface area contributed by atoms with E-state index in [1.54, 1.807) is 32.4 Å². The Morgan fingerprint density at radius 3 is 2.59 bits per heavy atom. The highest BCUT2D eigenvalue weighted by atomic mass is 16.5. The van der Waals surface area contributed by atoms with Gasteiger partial charge < -0.3 is 24.5 Å². The fourth-order valence-electron chi connectivity index (χ4n) is 2.97. The van der Waals surface area contributed by atoms with Crippen LogP contribution in [0.25, 0.3) is 10.9 Å². The van der Waals surface area contributed by atoms with Gasteiger partial charge in [0.15, 0.2) is 11.5 Å². The Hall–Kier alpha value is -3.48. The molecule has 0 saturated carbocycles. The first-order valence-electron chi connectivity index (χ1n) is 9.33. The van der Waals surface area contributed by atoms with Crippen LogP contribution in [0.15, 0.2) is 53.3 Å². The van der Waals surface area contributed by atoms with E-state index in [1.807, 2.05) is 30.3 Å². The van der Waals surface area contributed by atoms with E-state index >= 15 is 0 Å². The fraction of sp³-hybridized carbons (Fsp3) is 0.273. The predicted octanol–water partition coefficient (Wildman–Crippen LogP) is 2.67. The number of rotatable bonds is 9. The first kappa shape index (κ1) is 20.3. The summed E-state index contributed by atoms with van der Waals surface area (Å²) in [5, 5.41) is 3.66. The lowest BCUT2D eigenvalue weighted by molar-refractivity contribution is -0.121. The smallest absolute Gasteiger partial charge is 0.251 e. The standard InChI is InChI=1S/C22H24N2O5/c1-27-17-8-9-18-16(14-17)13-15(22(26)24-18)7-10-21(25)23-11-12-29-20-6-4-3-5-19(20)28-2/h3-6,8-9,13-14H,7,10-12H2,1-2H3,(H,23,25)(H,24,26). The number of carbonyl (C=O) groups is 1. The summed E-state index contributed by atoms with van der Waals surface area (Å²) in [5.41, 5.74) is 1.11. The number of fused-ring (bicyclic) bond motifs is 1. The Balaban J connectivity index is 1.50. The van der Waals surface area contributed by atoms with Crippen LogP contribution in [0.3, 0.4) is 0 Å². The first-order chi connectivity index (χ1) is 14.1. The molecule has 152 valence electrons. The molecule has 0 unspecified atom stereocenters. The number of amides is 1. The highest BCUT2D eigenvalue weighted by Crippen LogP contribution is 2.25. The summed E-state index contributed by atoms with van der Waals surface area (Å²) >= 11 is 0. The number of aryl methyl sites for hydroxylation is 1. The first-order valence-corrected chi connectivity index (χ1v) is 9.33. The van der Waals surface area contributed by atoms with E-state index < -0.39 is 0 Å². The molecule has 1 amide bonds. The van der Waals surface area contributed by atoms with Crippen LogP contribution in [0.4, 0.5) is 0 Å². The number of H-pyrrole nitrogens is 1. The number of pyridine rings is 1. The van der Waals surface area contributed by atoms with Crippen molar-refractivity contribution in [1.29, 1.82) is 0 Å². The van der Waals surface area contributed by atoms with E-state index in [-0.39, 0.29) is 17.9 Å². The second kappa shape index (κ2) is 9.64. The lowest BCUT2D eigenvalue weighted by Crippen LogP contribution is -2.28. The number of methoxy groups -OCH3 is 2. The van der Waals surface area contributed by atoms with Gasteiger partial charge in [0, 0.05) is 22.9 Å². The summed E-state index contributed by atoms with van der Waals surface area (Å²) in [6, 6.07) is 14.6. The van der Waals surface area contributed by atoms with Crippen molar-refractivity contribution in [3.63, 3.8) is 0 Å². The molecule has 0 spiro atoms. The molecule has 0 fully saturated rings. The molecule has 0 aliphatic carbocycles. The number of nitrogens with one attached hydrogen (secondary N) is 2. The van der Waals surface area contributed by atoms with Gasteiger partial charge in [0.2, 0.25) is 5.91 Å². The molecule has 3 rings (SSSR count). The fourth-order valence-corrected chi connectivity index (χ4v) is 2.97. The quantitative estimate of drug-likeness (QED) is 0.543. The van der Waals surface area contributed by atoms with Crippen LogP contribution in [0.5, 0.6) is 17.2 Å². The van der Waals surface area contributed by atoms with Gasteiger partial charge in [0.05, 0.1) is 20.8 Å². The maximum atomic E-state index is 12.2. The van der Waals surface area contributed by atoms with Crippen molar-refractivity contribution >= 4 is 16.8 Å². The van der Waals surface area contributed by atoms with E-state index in [0.717, 1.165) is 10.9 Å². The van der Waals surface area contributed by atoms with Crippen molar-refractivity contribution in [3.05, 3.63) is 64.4 Å². The molecule has 29 heavy (non-hydrogen) atoms. The van der Waals surface area contributed by atoms with E-state index in [4.69, 9.17) is 14.2 Å². The van der Waals surface area contributed by atoms with Crippen molar-refractivity contribution < 1.29 is 19.0 Å². The lowest BCUT2D eigenvalue weighted by Gasteiger charge is -2.11. The summed E-state index contributed by atoms with van der Waals surface area (Å²) in [4.78, 5) is 27.2. The van der Waals surface area contributed by atoms with Gasteiger partial charge in [-0.1, -0.05) is 12.1 Å². The van der Waals surface area contributed by atoms with Crippen LogP contribution >= 0.6 is 0 Å². The van der Waals surface area contributed by atoms with Gasteiger partial charge in [0.1, 0.15) is 12.4 Å². The average Bonchev–Trinajstić information content (AvgIpc) is 2.75. The van der Waals surface area contributed by atoms with E-state index in [1.165, 1.54) is 0 Å². The van der Waals surface area contributed by atoms with Crippen LogP contribution in [0.1, 0.15) is 12.0 Å². The monoisotopic (exact) mass is 396 g/mol. The average molecular weight is 396 g/mol. The Kier molecular flexibility index (Phi) is 6.73. The molecule has 0 aliphatic heterocycles. The van der Waals surface area contributed by atoms with Crippen molar-refractivity contribution in [2.24, 2.45) is 0 Å². The summed E-state index contributed by atoms with van der Waals surface area (Å²) in [6.45, 7) is 0.685. The molecule has 2 aromatic carbocycles. The van der Waals surface area contributed by atoms with E-state index in [0.29, 0.717) is 42.4 Å². The molecule has 1 heterocycles. The van der Waals surface area contributed by atoms with Crippen LogP contribution in [-0.2, 0) is 11.2 Å². The Morgan fingerprint density at radius 1 is 1.03 bits per heavy atom. The van der Waals surface area contributed by atoms with Gasteiger partial charge in [-0.05, 0) is 42.8 Å². The van der Waals surface area contributed by atoms with Crippen LogP contribution in [-0.4, -0.2) is 38.3 Å². The number of ether oxygens (including phenoxy) is 3. The topological polar surface area (TPSA) is 89.7 Å². The number of hydrogen-bond donors (Lipinski definition) is 2. The van der Waals surface area contributed by atoms with Gasteiger partial charge in [-0.3, -0.25) is 9.59 Å². The zero-order valence-electron chi connectivity index (χ0n) is 16.5. The molecule has 2 N–H and O–H groups in total. The Labute approximate surface area is 168 Å². The van der Waals surface area contributed by atoms with Gasteiger partial charge >= 0.3 is 0 Å². The van der Waals surface area contributed by atoms with Crippen LogP contribution < -0.4 is 25.1 Å². The van der Waals surface area contributed by atoms with Crippen molar-refractivity contribution in [3.8, 4) is 17.2 Å². The summed E-state index contributed by atoms with van der Waals surface area (Å²) in [6.07, 6.45) is 0.564. The summed E-state index contributed by atoms with van der Waals surface area (Å²) in [7, 11) is 3.17. The predicted molar refractivity (Wildman–Crippen MR) is 111 cm³/mol. The largest absolute Gasteiger partial charge is 0.497 e. The minimum absolute atomic E-state index is 0.140. The molecular weight excluding hydrogens is 372 g/mol. The third-order valence-electron chi connectivity index (χ3n) is 4.50. The second-order valence-corrected chi connectivity index (χ2v) is 6.43. The van der Waals surface area contributed by atoms with Crippen LogP contribution in [0, 0.1) is 0 Å². The zero-order chi connectivity index (χ0) is 20.6. The molecule has 0 atom stereocenters. The third kappa shape index (κ3) is 5.28. The maximum Gasteiger partial charge on any atom is 0.251 e. The minimum atomic E-state index is -0.185. The second-order valence-electron chi connectivity index (χ2n) is 6.43. The van der Waals surface area contributed by atoms with E-state index in [2.05, 4.69) is 10.3 Å². The highest BCUT2D eigenvalue weighted by Gasteiger charge is 2.08. The summed E-state index contributed by atoms with van der Waals surface area (Å²) in [5.74, 6) is 1.84. The molecule has 0 radical (unpaired) electrons. The summed E-state index contributed by atoms with van der Waals surface area (Å²) < 4.78 is 16.1. The van der Waals surface area contributed by atoms with Crippen molar-refractivity contribution in [2.45, 2.75) is 12.8 Å². The molecule has 7 nitrogen and oxygen atoms in total. The van der Waals surface area contributed by atoms with E-state index in [9.17, 15) is 9.59 Å². The number of aromatic amines is 1. The van der Waals surface area contributed by atoms with Crippen molar-refractivity contribution in [2.75, 3.05) is 27.4 Å². The number of para-hydroxylation sites is 2. The molecule has 3 aromatic rings. The minimum Gasteiger partial charge on any atom is -0.497 e. The number of carbonyl (C=O) groups excluding carboxylic acids is 1. The maximum absolute atomic E-state index is 12.2. The van der Waals surface area contributed by atoms with Crippen molar-refractivity contribution in [1.82, 2.24) is 10.3 Å². The molecular formula is C22H24N2O5. The Bertz CT molecular complexity index is 1040. The van der Waals surface area contributed by atoms with Gasteiger partial charge in [-0.2, -0.15) is 0 Å². The van der Waals surface area contributed by atoms with Gasteiger partial charge in [-0.15, -0.1) is 0 Å². The molecule has 7 heteroatoms. The Morgan fingerprint density at radius 2 is 1.83 bits per heavy atom. The molecule has 0 saturated heterocycles. The molecule has 0 bridgehead atoms. The van der Waals surface area contributed by atoms with Gasteiger partial charge in [0.25, 0.3) is 5.56 Å². The number of hydrogen-bond acceptors (Lipinski definition) is 5. The number of benzene rings is 2.